The van der Waals surface area contributed by atoms with Crippen molar-refractivity contribution in [3.05, 3.63) is 86.9 Å². The van der Waals surface area contributed by atoms with Gasteiger partial charge in [0, 0.05) is 27.5 Å². The van der Waals surface area contributed by atoms with Gasteiger partial charge in [-0.1, -0.05) is 46.9 Å². The van der Waals surface area contributed by atoms with Crippen molar-refractivity contribution in [1.82, 2.24) is 9.55 Å². The summed E-state index contributed by atoms with van der Waals surface area (Å²) in [5.74, 6) is 0. The average Bonchev–Trinajstić information content (AvgIpc) is 3.06. The first kappa shape index (κ1) is 18.3. The van der Waals surface area contributed by atoms with Crippen LogP contribution in [0.3, 0.4) is 0 Å². The minimum Gasteiger partial charge on any atom is -0.367 e. The van der Waals surface area contributed by atoms with Crippen LogP contribution in [0.4, 0.5) is 0 Å². The largest absolute Gasteiger partial charge is 0.367 e. The second kappa shape index (κ2) is 8.24. The van der Waals surface area contributed by atoms with Crippen LogP contribution in [0.5, 0.6) is 0 Å². The molecule has 0 aliphatic rings. The van der Waals surface area contributed by atoms with E-state index < -0.39 is 0 Å². The third kappa shape index (κ3) is 4.77. The molecule has 3 rings (SSSR count). The fourth-order valence-electron chi connectivity index (χ4n) is 2.66. The molecule has 0 saturated heterocycles. The average molecular weight is 396 g/mol. The predicted octanol–water partition coefficient (Wildman–Crippen LogP) is 6.11. The molecular weight excluding hydrogens is 379 g/mol. The van der Waals surface area contributed by atoms with E-state index >= 15 is 0 Å². The lowest BCUT2D eigenvalue weighted by Gasteiger charge is -2.21. The molecule has 0 amide bonds. The highest BCUT2D eigenvalue weighted by atomic mass is 35.5. The van der Waals surface area contributed by atoms with Gasteiger partial charge in [-0.25, -0.2) is 4.98 Å². The van der Waals surface area contributed by atoms with Gasteiger partial charge in [0.15, 0.2) is 0 Å². The minimum atomic E-state index is -0.154. The molecule has 1 heterocycles. The molecule has 0 saturated carbocycles. The topological polar surface area (TPSA) is 27.1 Å². The van der Waals surface area contributed by atoms with E-state index in [1.165, 1.54) is 0 Å². The number of hydrogen-bond donors (Lipinski definition) is 0. The normalized spacial score (nSPS) is 12.3. The van der Waals surface area contributed by atoms with Gasteiger partial charge in [-0.2, -0.15) is 0 Å². The second-order valence-corrected chi connectivity index (χ2v) is 7.08. The van der Waals surface area contributed by atoms with Crippen LogP contribution in [0.25, 0.3) is 0 Å². The monoisotopic (exact) mass is 394 g/mol. The molecule has 0 aliphatic carbocycles. The van der Waals surface area contributed by atoms with Gasteiger partial charge in [0.1, 0.15) is 6.10 Å². The van der Waals surface area contributed by atoms with Gasteiger partial charge < -0.3 is 9.30 Å². The minimum absolute atomic E-state index is 0.154. The Balaban J connectivity index is 1.83. The Hall–Kier alpha value is -1.52. The van der Waals surface area contributed by atoms with Gasteiger partial charge in [-0.15, -0.1) is 0 Å². The second-order valence-electron chi connectivity index (χ2n) is 5.80. The molecule has 3 aromatic rings. The molecule has 6 heteroatoms. The van der Waals surface area contributed by atoms with Gasteiger partial charge in [-0.05, 0) is 47.9 Å². The molecule has 25 heavy (non-hydrogen) atoms. The maximum Gasteiger partial charge on any atom is 0.101 e. The summed E-state index contributed by atoms with van der Waals surface area (Å²) >= 11 is 18.3. The Morgan fingerprint density at radius 3 is 2.52 bits per heavy atom. The van der Waals surface area contributed by atoms with Crippen molar-refractivity contribution >= 4 is 34.8 Å². The molecule has 0 fully saturated rings. The third-order valence-corrected chi connectivity index (χ3v) is 4.79. The number of imidazole rings is 1. The van der Waals surface area contributed by atoms with E-state index in [9.17, 15) is 0 Å². The van der Waals surface area contributed by atoms with Crippen molar-refractivity contribution in [3.8, 4) is 0 Å². The summed E-state index contributed by atoms with van der Waals surface area (Å²) < 4.78 is 8.20. The first-order chi connectivity index (χ1) is 12.0. The Morgan fingerprint density at radius 2 is 1.84 bits per heavy atom. The first-order valence-electron chi connectivity index (χ1n) is 7.80. The molecule has 3 nitrogen and oxygen atoms in total. The lowest BCUT2D eigenvalue weighted by molar-refractivity contribution is 0.0276. The zero-order valence-corrected chi connectivity index (χ0v) is 15.9. The number of rotatable bonds is 6. The van der Waals surface area contributed by atoms with Crippen LogP contribution in [0, 0.1) is 6.92 Å². The number of halogens is 3. The van der Waals surface area contributed by atoms with Gasteiger partial charge in [-0.3, -0.25) is 0 Å². The Bertz CT molecular complexity index is 850. The number of ether oxygens (including phenoxy) is 1. The van der Waals surface area contributed by atoms with Gasteiger partial charge in [0.25, 0.3) is 0 Å². The summed E-state index contributed by atoms with van der Waals surface area (Å²) in [6.07, 6.45) is 5.29. The maximum absolute atomic E-state index is 6.26. The van der Waals surface area contributed by atoms with Crippen molar-refractivity contribution in [3.63, 3.8) is 0 Å². The van der Waals surface area contributed by atoms with E-state index in [4.69, 9.17) is 39.5 Å². The third-order valence-electron chi connectivity index (χ3n) is 3.97. The molecule has 2 aromatic carbocycles. The van der Waals surface area contributed by atoms with E-state index in [0.717, 1.165) is 16.7 Å². The summed E-state index contributed by atoms with van der Waals surface area (Å²) in [5.41, 5.74) is 3.07. The van der Waals surface area contributed by atoms with Crippen LogP contribution in [0.15, 0.2) is 55.1 Å². The van der Waals surface area contributed by atoms with E-state index in [1.807, 2.05) is 48.0 Å². The molecule has 0 N–H and O–H groups in total. The fourth-order valence-corrected chi connectivity index (χ4v) is 3.35. The molecule has 0 aliphatic heterocycles. The highest BCUT2D eigenvalue weighted by Crippen LogP contribution is 2.28. The standard InChI is InChI=1S/C19H17Cl3N2O/c1-13-8-15(20)4-5-17(13)19(10-24-7-6-23-12-24)25-11-14-2-3-16(21)9-18(14)22/h2-9,12,19H,10-11H2,1H3/t19-/m1/s1. The van der Waals surface area contributed by atoms with Crippen molar-refractivity contribution in [2.75, 3.05) is 0 Å². The summed E-state index contributed by atoms with van der Waals surface area (Å²) in [4.78, 5) is 4.10. The van der Waals surface area contributed by atoms with Gasteiger partial charge in [0.2, 0.25) is 0 Å². The summed E-state index contributed by atoms with van der Waals surface area (Å²) in [5, 5.41) is 1.92. The summed E-state index contributed by atoms with van der Waals surface area (Å²) in [7, 11) is 0. The number of benzene rings is 2. The van der Waals surface area contributed by atoms with Crippen molar-refractivity contribution in [1.29, 1.82) is 0 Å². The molecule has 130 valence electrons. The number of aromatic nitrogens is 2. The Labute approximate surface area is 162 Å². The predicted molar refractivity (Wildman–Crippen MR) is 102 cm³/mol. The Morgan fingerprint density at radius 1 is 1.08 bits per heavy atom. The van der Waals surface area contributed by atoms with E-state index in [0.29, 0.717) is 28.2 Å². The fraction of sp³-hybridized carbons (Fsp3) is 0.211. The smallest absolute Gasteiger partial charge is 0.101 e. The molecule has 0 bridgehead atoms. The van der Waals surface area contributed by atoms with Crippen molar-refractivity contribution < 1.29 is 4.74 Å². The quantitative estimate of drug-likeness (QED) is 0.503. The van der Waals surface area contributed by atoms with Gasteiger partial charge in [0.05, 0.1) is 19.5 Å². The molecule has 0 radical (unpaired) electrons. The van der Waals surface area contributed by atoms with Crippen LogP contribution >= 0.6 is 34.8 Å². The molecular formula is C19H17Cl3N2O. The lowest BCUT2D eigenvalue weighted by Crippen LogP contribution is -2.13. The lowest BCUT2D eigenvalue weighted by atomic mass is 10.0. The van der Waals surface area contributed by atoms with E-state index in [-0.39, 0.29) is 6.10 Å². The van der Waals surface area contributed by atoms with Gasteiger partial charge >= 0.3 is 0 Å². The van der Waals surface area contributed by atoms with Crippen LogP contribution in [-0.2, 0) is 17.9 Å². The zero-order chi connectivity index (χ0) is 17.8. The summed E-state index contributed by atoms with van der Waals surface area (Å²) in [6, 6.07) is 11.2. The number of hydrogen-bond acceptors (Lipinski definition) is 2. The van der Waals surface area contributed by atoms with Crippen LogP contribution in [0.1, 0.15) is 22.8 Å². The van der Waals surface area contributed by atoms with Crippen molar-refractivity contribution in [2.45, 2.75) is 26.2 Å². The zero-order valence-electron chi connectivity index (χ0n) is 13.6. The molecule has 1 atom stereocenters. The first-order valence-corrected chi connectivity index (χ1v) is 8.93. The van der Waals surface area contributed by atoms with Crippen LogP contribution in [-0.4, -0.2) is 9.55 Å². The molecule has 0 spiro atoms. The van der Waals surface area contributed by atoms with E-state index in [1.54, 1.807) is 18.6 Å². The number of aryl methyl sites for hydroxylation is 1. The Kier molecular flexibility index (Phi) is 6.02. The van der Waals surface area contributed by atoms with Crippen molar-refractivity contribution in [2.24, 2.45) is 0 Å². The summed E-state index contributed by atoms with van der Waals surface area (Å²) in [6.45, 7) is 3.06. The highest BCUT2D eigenvalue weighted by Gasteiger charge is 2.16. The molecule has 1 aromatic heterocycles. The maximum atomic E-state index is 6.26. The molecule has 0 unspecified atom stereocenters. The number of nitrogens with zero attached hydrogens (tertiary/aromatic N) is 2. The SMILES string of the molecule is Cc1cc(Cl)ccc1[C@@H](Cn1ccnc1)OCc1ccc(Cl)cc1Cl. The van der Waals surface area contributed by atoms with E-state index in [2.05, 4.69) is 4.98 Å². The van der Waals surface area contributed by atoms with Crippen LogP contribution in [0.2, 0.25) is 15.1 Å². The van der Waals surface area contributed by atoms with Crippen LogP contribution < -0.4 is 0 Å². The highest BCUT2D eigenvalue weighted by molar-refractivity contribution is 6.35.